The molecule has 2 rings (SSSR count). The molecule has 3 unspecified atom stereocenters. The van der Waals surface area contributed by atoms with Gasteiger partial charge in [0.2, 0.25) is 0 Å². The first kappa shape index (κ1) is 9.51. The van der Waals surface area contributed by atoms with Gasteiger partial charge in [-0.15, -0.1) is 0 Å². The molecule has 3 atom stereocenters. The van der Waals surface area contributed by atoms with E-state index >= 15 is 0 Å². The van der Waals surface area contributed by atoms with Crippen molar-refractivity contribution in [2.45, 2.75) is 58.0 Å². The number of hydrogen-bond donors (Lipinski definition) is 1. The van der Waals surface area contributed by atoms with Gasteiger partial charge >= 0.3 is 0 Å². The average molecular weight is 182 g/mol. The third-order valence-corrected chi connectivity index (χ3v) is 4.17. The van der Waals surface area contributed by atoms with Crippen molar-refractivity contribution in [3.63, 3.8) is 0 Å². The third kappa shape index (κ3) is 1.90. The fourth-order valence-corrected chi connectivity index (χ4v) is 2.97. The highest BCUT2D eigenvalue weighted by Crippen LogP contribution is 2.48. The third-order valence-electron chi connectivity index (χ3n) is 4.17. The molecule has 2 fully saturated rings. The summed E-state index contributed by atoms with van der Waals surface area (Å²) >= 11 is 0. The molecule has 1 heteroatoms. The molecule has 1 nitrogen and oxygen atoms in total. The largest absolute Gasteiger partial charge is 0.390 e. The number of hydrogen-bond acceptors (Lipinski definition) is 1. The van der Waals surface area contributed by atoms with Crippen molar-refractivity contribution >= 4 is 0 Å². The summed E-state index contributed by atoms with van der Waals surface area (Å²) < 4.78 is 0. The Morgan fingerprint density at radius 1 is 1.08 bits per heavy atom. The zero-order valence-electron chi connectivity index (χ0n) is 8.92. The summed E-state index contributed by atoms with van der Waals surface area (Å²) in [6.45, 7) is 4.41. The number of rotatable bonds is 2. The van der Waals surface area contributed by atoms with Crippen LogP contribution in [0.25, 0.3) is 0 Å². The van der Waals surface area contributed by atoms with Crippen molar-refractivity contribution in [1.82, 2.24) is 0 Å². The van der Waals surface area contributed by atoms with Gasteiger partial charge in [0.25, 0.3) is 0 Å². The van der Waals surface area contributed by atoms with Crippen molar-refractivity contribution in [1.29, 1.82) is 0 Å². The average Bonchev–Trinajstić information content (AvgIpc) is 2.86. The molecule has 0 heterocycles. The molecule has 0 bridgehead atoms. The molecule has 0 spiro atoms. The van der Waals surface area contributed by atoms with Crippen LogP contribution in [0.3, 0.4) is 0 Å². The van der Waals surface area contributed by atoms with Gasteiger partial charge in [-0.3, -0.25) is 0 Å². The predicted molar refractivity (Wildman–Crippen MR) is 54.5 cm³/mol. The maximum atomic E-state index is 10.4. The smallest absolute Gasteiger partial charge is 0.0675 e. The minimum atomic E-state index is -0.339. The molecule has 13 heavy (non-hydrogen) atoms. The van der Waals surface area contributed by atoms with Gasteiger partial charge in [0.05, 0.1) is 5.60 Å². The Hall–Kier alpha value is -0.0400. The van der Waals surface area contributed by atoms with Gasteiger partial charge in [-0.2, -0.15) is 0 Å². The van der Waals surface area contributed by atoms with Crippen LogP contribution in [0, 0.1) is 17.8 Å². The summed E-state index contributed by atoms with van der Waals surface area (Å²) in [6.07, 6.45) is 7.74. The first-order valence-electron chi connectivity index (χ1n) is 5.83. The van der Waals surface area contributed by atoms with Crippen LogP contribution in [0.4, 0.5) is 0 Å². The normalized spacial score (nSPS) is 39.9. The van der Waals surface area contributed by atoms with E-state index in [0.717, 1.165) is 5.92 Å². The predicted octanol–water partition coefficient (Wildman–Crippen LogP) is 2.97. The standard InChI is InChI=1S/C12H22O/c1-9-4-3-5-11(8-9)12(2,13)10-6-7-10/h9-11,13H,3-8H2,1-2H3. The lowest BCUT2D eigenvalue weighted by Crippen LogP contribution is -2.39. The Kier molecular flexibility index (Phi) is 2.39. The zero-order valence-corrected chi connectivity index (χ0v) is 8.92. The van der Waals surface area contributed by atoms with Gasteiger partial charge in [0.1, 0.15) is 0 Å². The summed E-state index contributed by atoms with van der Waals surface area (Å²) in [5, 5.41) is 10.4. The maximum Gasteiger partial charge on any atom is 0.0675 e. The minimum absolute atomic E-state index is 0.339. The Morgan fingerprint density at radius 2 is 1.77 bits per heavy atom. The van der Waals surface area contributed by atoms with Crippen LogP contribution >= 0.6 is 0 Å². The number of aliphatic hydroxyl groups is 1. The summed E-state index contributed by atoms with van der Waals surface area (Å²) in [7, 11) is 0. The van der Waals surface area contributed by atoms with E-state index in [4.69, 9.17) is 0 Å². The minimum Gasteiger partial charge on any atom is -0.390 e. The Labute approximate surface area is 81.5 Å². The van der Waals surface area contributed by atoms with Crippen LogP contribution in [0.15, 0.2) is 0 Å². The second kappa shape index (κ2) is 3.27. The summed E-state index contributed by atoms with van der Waals surface area (Å²) in [5.41, 5.74) is -0.339. The second-order valence-corrected chi connectivity index (χ2v) is 5.47. The summed E-state index contributed by atoms with van der Waals surface area (Å²) in [6, 6.07) is 0. The van der Waals surface area contributed by atoms with Gasteiger partial charge in [0, 0.05) is 0 Å². The first-order valence-corrected chi connectivity index (χ1v) is 5.83. The van der Waals surface area contributed by atoms with Gasteiger partial charge < -0.3 is 5.11 Å². The molecule has 0 saturated heterocycles. The van der Waals surface area contributed by atoms with Gasteiger partial charge in [-0.05, 0) is 50.4 Å². The molecule has 2 saturated carbocycles. The summed E-state index contributed by atoms with van der Waals surface area (Å²) in [4.78, 5) is 0. The molecule has 2 aliphatic carbocycles. The monoisotopic (exact) mass is 182 g/mol. The molecule has 1 N–H and O–H groups in total. The van der Waals surface area contributed by atoms with Crippen LogP contribution in [-0.4, -0.2) is 10.7 Å². The van der Waals surface area contributed by atoms with Crippen LogP contribution in [0.5, 0.6) is 0 Å². The Bertz CT molecular complexity index is 182. The van der Waals surface area contributed by atoms with Crippen LogP contribution < -0.4 is 0 Å². The fourth-order valence-electron chi connectivity index (χ4n) is 2.97. The second-order valence-electron chi connectivity index (χ2n) is 5.47. The van der Waals surface area contributed by atoms with Gasteiger partial charge in [0.15, 0.2) is 0 Å². The molecule has 2 aliphatic rings. The lowest BCUT2D eigenvalue weighted by molar-refractivity contribution is -0.0427. The van der Waals surface area contributed by atoms with E-state index in [1.807, 2.05) is 0 Å². The van der Waals surface area contributed by atoms with Crippen molar-refractivity contribution < 1.29 is 5.11 Å². The molecule has 0 aromatic heterocycles. The Balaban J connectivity index is 1.97. The lowest BCUT2D eigenvalue weighted by Gasteiger charge is -2.38. The highest BCUT2D eigenvalue weighted by Gasteiger charge is 2.45. The molecule has 76 valence electrons. The quantitative estimate of drug-likeness (QED) is 0.696. The highest BCUT2D eigenvalue weighted by molar-refractivity contribution is 4.97. The lowest BCUT2D eigenvalue weighted by atomic mass is 9.72. The molecule has 0 aromatic rings. The summed E-state index contributed by atoms with van der Waals surface area (Å²) in [5.74, 6) is 2.05. The van der Waals surface area contributed by atoms with E-state index in [2.05, 4.69) is 13.8 Å². The Morgan fingerprint density at radius 3 is 2.31 bits per heavy atom. The zero-order chi connectivity index (χ0) is 9.47. The molecule has 0 radical (unpaired) electrons. The fraction of sp³-hybridized carbons (Fsp3) is 1.00. The van der Waals surface area contributed by atoms with E-state index in [9.17, 15) is 5.11 Å². The molecular weight excluding hydrogens is 160 g/mol. The van der Waals surface area contributed by atoms with Crippen molar-refractivity contribution in [3.05, 3.63) is 0 Å². The van der Waals surface area contributed by atoms with E-state index < -0.39 is 0 Å². The van der Waals surface area contributed by atoms with Gasteiger partial charge in [-0.1, -0.05) is 19.8 Å². The van der Waals surface area contributed by atoms with Crippen LogP contribution in [0.2, 0.25) is 0 Å². The van der Waals surface area contributed by atoms with Crippen LogP contribution in [0.1, 0.15) is 52.4 Å². The van der Waals surface area contributed by atoms with E-state index in [-0.39, 0.29) is 5.60 Å². The molecular formula is C12H22O. The van der Waals surface area contributed by atoms with Gasteiger partial charge in [-0.25, -0.2) is 0 Å². The molecule has 0 amide bonds. The SMILES string of the molecule is CC1CCCC(C(C)(O)C2CC2)C1. The molecule has 0 aliphatic heterocycles. The maximum absolute atomic E-state index is 10.4. The molecule has 0 aromatic carbocycles. The van der Waals surface area contributed by atoms with E-state index in [1.54, 1.807) is 0 Å². The van der Waals surface area contributed by atoms with Crippen molar-refractivity contribution in [2.24, 2.45) is 17.8 Å². The highest BCUT2D eigenvalue weighted by atomic mass is 16.3. The van der Waals surface area contributed by atoms with Crippen molar-refractivity contribution in [3.8, 4) is 0 Å². The van der Waals surface area contributed by atoms with Crippen molar-refractivity contribution in [2.75, 3.05) is 0 Å². The topological polar surface area (TPSA) is 20.2 Å². The first-order chi connectivity index (χ1) is 6.10. The van der Waals surface area contributed by atoms with Crippen LogP contribution in [-0.2, 0) is 0 Å². The van der Waals surface area contributed by atoms with E-state index in [1.165, 1.54) is 38.5 Å². The van der Waals surface area contributed by atoms with E-state index in [0.29, 0.717) is 11.8 Å².